The molecule has 0 fully saturated rings. The van der Waals surface area contributed by atoms with E-state index in [0.29, 0.717) is 12.4 Å². The number of likely N-dealkylation sites (N-methyl/N-ethyl adjacent to an activating group) is 1. The largest absolute Gasteiger partial charge is 0.371 e. The second kappa shape index (κ2) is 11.0. The molecule has 0 radical (unpaired) electrons. The summed E-state index contributed by atoms with van der Waals surface area (Å²) in [5, 5.41) is 5.57. The molecule has 0 aliphatic carbocycles. The number of aromatic nitrogens is 3. The van der Waals surface area contributed by atoms with Crippen molar-refractivity contribution in [2.45, 2.75) is 20.3 Å². The molecule has 0 spiro atoms. The number of fused-ring (bicyclic) bond motifs is 1. The van der Waals surface area contributed by atoms with Crippen LogP contribution >= 0.6 is 0 Å². The molecule has 0 atom stereocenters. The first kappa shape index (κ1) is 22.2. The topological polar surface area (TPSA) is 72.3 Å². The Morgan fingerprint density at radius 2 is 2.06 bits per heavy atom. The molecule has 0 amide bonds. The molecule has 31 heavy (non-hydrogen) atoms. The molecule has 2 aromatic heterocycles. The number of para-hydroxylation sites is 1. The number of hydrogen-bond acceptors (Lipinski definition) is 5. The fourth-order valence-electron chi connectivity index (χ4n) is 3.58. The number of rotatable bonds is 10. The Balaban J connectivity index is 1.77. The van der Waals surface area contributed by atoms with Crippen molar-refractivity contribution in [1.29, 1.82) is 0 Å². The lowest BCUT2D eigenvalue weighted by atomic mass is 10.0. The van der Waals surface area contributed by atoms with Gasteiger partial charge in [-0.2, -0.15) is 5.10 Å². The van der Waals surface area contributed by atoms with Crippen LogP contribution < -0.4 is 5.73 Å². The summed E-state index contributed by atoms with van der Waals surface area (Å²) >= 11 is 0. The number of nitrogens with zero attached hydrogens (tertiary/aromatic N) is 5. The number of pyridine rings is 1. The molecule has 3 aromatic rings. The molecule has 0 unspecified atom stereocenters. The average molecular weight is 415 g/mol. The van der Waals surface area contributed by atoms with Gasteiger partial charge in [-0.15, -0.1) is 0 Å². The van der Waals surface area contributed by atoms with Crippen LogP contribution in [0.15, 0.2) is 77.7 Å². The van der Waals surface area contributed by atoms with E-state index in [0.717, 1.165) is 41.5 Å². The van der Waals surface area contributed by atoms with Crippen LogP contribution in [0.1, 0.15) is 20.3 Å². The van der Waals surface area contributed by atoms with Gasteiger partial charge in [-0.1, -0.05) is 36.4 Å². The van der Waals surface area contributed by atoms with Gasteiger partial charge in [0.15, 0.2) is 5.82 Å². The Labute approximate surface area is 184 Å². The zero-order valence-electron chi connectivity index (χ0n) is 18.3. The van der Waals surface area contributed by atoms with Crippen molar-refractivity contribution in [2.24, 2.45) is 10.7 Å². The predicted molar refractivity (Wildman–Crippen MR) is 131 cm³/mol. The van der Waals surface area contributed by atoms with Gasteiger partial charge in [0, 0.05) is 48.7 Å². The first-order valence-corrected chi connectivity index (χ1v) is 10.6. The van der Waals surface area contributed by atoms with E-state index in [-0.39, 0.29) is 0 Å². The van der Waals surface area contributed by atoms with Gasteiger partial charge in [-0.25, -0.2) is 9.67 Å². The maximum atomic E-state index is 5.71. The molecule has 2 N–H and O–H groups in total. The molecule has 0 bridgehead atoms. The first-order chi connectivity index (χ1) is 15.2. The number of allylic oxidation sites excluding steroid dienone is 4. The number of hydrogen-bond donors (Lipinski definition) is 1. The molecule has 2 heterocycles. The summed E-state index contributed by atoms with van der Waals surface area (Å²) in [6.07, 6.45) is 14.8. The molecular weight excluding hydrogens is 384 g/mol. The Morgan fingerprint density at radius 1 is 1.23 bits per heavy atom. The Morgan fingerprint density at radius 3 is 2.81 bits per heavy atom. The summed E-state index contributed by atoms with van der Waals surface area (Å²) in [4.78, 5) is 10.9. The van der Waals surface area contributed by atoms with Gasteiger partial charge in [0.2, 0.25) is 0 Å². The SMILES string of the molecule is C=Nc1c(-c2ccnc3ccccc23)cnn1/C=C/C/C=C\C(=C/C)N(CC)CCN. The molecule has 160 valence electrons. The molecule has 0 saturated carbocycles. The van der Waals surface area contributed by atoms with Gasteiger partial charge in [0.05, 0.1) is 11.7 Å². The van der Waals surface area contributed by atoms with E-state index in [1.54, 1.807) is 4.68 Å². The average Bonchev–Trinajstić information content (AvgIpc) is 3.22. The van der Waals surface area contributed by atoms with Gasteiger partial charge < -0.3 is 10.6 Å². The van der Waals surface area contributed by atoms with Crippen LogP contribution in [0.2, 0.25) is 0 Å². The van der Waals surface area contributed by atoms with Crippen molar-refractivity contribution in [2.75, 3.05) is 19.6 Å². The molecule has 0 saturated heterocycles. The second-order valence-electron chi connectivity index (χ2n) is 6.96. The highest BCUT2D eigenvalue weighted by atomic mass is 15.3. The maximum absolute atomic E-state index is 5.71. The summed E-state index contributed by atoms with van der Waals surface area (Å²) in [6.45, 7) is 10.4. The van der Waals surface area contributed by atoms with Crippen LogP contribution in [0.4, 0.5) is 5.82 Å². The molecule has 6 nitrogen and oxygen atoms in total. The third-order valence-electron chi connectivity index (χ3n) is 5.11. The van der Waals surface area contributed by atoms with E-state index in [1.165, 1.54) is 5.70 Å². The minimum atomic E-state index is 0.644. The molecule has 0 aliphatic rings. The maximum Gasteiger partial charge on any atom is 0.162 e. The molecule has 0 aliphatic heterocycles. The lowest BCUT2D eigenvalue weighted by Crippen LogP contribution is -2.28. The van der Waals surface area contributed by atoms with Gasteiger partial charge in [0.25, 0.3) is 0 Å². The third-order valence-corrected chi connectivity index (χ3v) is 5.11. The minimum Gasteiger partial charge on any atom is -0.371 e. The fraction of sp³-hybridized carbons (Fsp3) is 0.240. The zero-order valence-corrected chi connectivity index (χ0v) is 18.3. The summed E-state index contributed by atoms with van der Waals surface area (Å²) in [7, 11) is 0. The van der Waals surface area contributed by atoms with Crippen molar-refractivity contribution in [3.63, 3.8) is 0 Å². The van der Waals surface area contributed by atoms with E-state index in [2.05, 4.69) is 64.0 Å². The third kappa shape index (κ3) is 5.16. The van der Waals surface area contributed by atoms with Crippen LogP contribution in [0.25, 0.3) is 28.2 Å². The first-order valence-electron chi connectivity index (χ1n) is 10.6. The van der Waals surface area contributed by atoms with Crippen molar-refractivity contribution in [1.82, 2.24) is 19.7 Å². The summed E-state index contributed by atoms with van der Waals surface area (Å²) in [6, 6.07) is 10.1. The van der Waals surface area contributed by atoms with Gasteiger partial charge in [-0.05, 0) is 50.8 Å². The van der Waals surface area contributed by atoms with Gasteiger partial charge in [-0.3, -0.25) is 4.98 Å². The fourth-order valence-corrected chi connectivity index (χ4v) is 3.58. The number of aliphatic imine (C=N–C) groups is 1. The van der Waals surface area contributed by atoms with Crippen LogP contribution in [0.3, 0.4) is 0 Å². The van der Waals surface area contributed by atoms with Crippen LogP contribution in [-0.2, 0) is 0 Å². The van der Waals surface area contributed by atoms with Crippen molar-refractivity contribution >= 4 is 29.6 Å². The zero-order chi connectivity index (χ0) is 22.1. The Bertz CT molecular complexity index is 1100. The van der Waals surface area contributed by atoms with Gasteiger partial charge >= 0.3 is 0 Å². The second-order valence-corrected chi connectivity index (χ2v) is 6.96. The van der Waals surface area contributed by atoms with Gasteiger partial charge in [0.1, 0.15) is 0 Å². The monoisotopic (exact) mass is 414 g/mol. The lowest BCUT2D eigenvalue weighted by Gasteiger charge is -2.23. The molecule has 1 aromatic carbocycles. The van der Waals surface area contributed by atoms with E-state index in [4.69, 9.17) is 5.73 Å². The Hall–Kier alpha value is -3.51. The highest BCUT2D eigenvalue weighted by Gasteiger charge is 2.13. The minimum absolute atomic E-state index is 0.644. The standard InChI is InChI=1S/C25H30N6/c1-4-20(30(5-2)18-15-26)11-7-6-10-17-31-25(27-3)23(19-29-31)21-14-16-28-24-13-9-8-12-22(21)24/h4,7-14,16-17,19H,3,5-6,15,18,26H2,1-2H3/b11-7-,17-10+,20-4+. The van der Waals surface area contributed by atoms with Crippen molar-refractivity contribution in [3.05, 3.63) is 72.7 Å². The summed E-state index contributed by atoms with van der Waals surface area (Å²) in [5.41, 5.74) is 9.82. The van der Waals surface area contributed by atoms with Crippen molar-refractivity contribution < 1.29 is 0 Å². The number of nitrogens with two attached hydrogens (primary N) is 1. The lowest BCUT2D eigenvalue weighted by molar-refractivity contribution is 0.382. The Kier molecular flexibility index (Phi) is 7.90. The highest BCUT2D eigenvalue weighted by molar-refractivity contribution is 5.96. The van der Waals surface area contributed by atoms with Crippen LogP contribution in [0, 0.1) is 0 Å². The van der Waals surface area contributed by atoms with E-state index < -0.39 is 0 Å². The van der Waals surface area contributed by atoms with Crippen LogP contribution in [0.5, 0.6) is 0 Å². The summed E-state index contributed by atoms with van der Waals surface area (Å²) in [5.74, 6) is 0.714. The quantitative estimate of drug-likeness (QED) is 0.373. The summed E-state index contributed by atoms with van der Waals surface area (Å²) < 4.78 is 1.76. The van der Waals surface area contributed by atoms with E-state index >= 15 is 0 Å². The smallest absolute Gasteiger partial charge is 0.162 e. The molecule has 6 heteroatoms. The van der Waals surface area contributed by atoms with Crippen molar-refractivity contribution in [3.8, 4) is 11.1 Å². The van der Waals surface area contributed by atoms with Crippen LogP contribution in [-0.4, -0.2) is 46.0 Å². The predicted octanol–water partition coefficient (Wildman–Crippen LogP) is 5.03. The molecule has 3 rings (SSSR count). The normalized spacial score (nSPS) is 12.3. The van der Waals surface area contributed by atoms with E-state index in [9.17, 15) is 0 Å². The highest BCUT2D eigenvalue weighted by Crippen LogP contribution is 2.34. The number of benzene rings is 1. The van der Waals surface area contributed by atoms with E-state index in [1.807, 2.05) is 49.8 Å². The molecular formula is C25H30N6.